The maximum absolute atomic E-state index is 9.05. The minimum absolute atomic E-state index is 0.232. The van der Waals surface area contributed by atoms with Gasteiger partial charge in [0.25, 0.3) is 0 Å². The minimum Gasteiger partial charge on any atom is -0.396 e. The van der Waals surface area contributed by atoms with Crippen LogP contribution >= 0.6 is 0 Å². The van der Waals surface area contributed by atoms with Crippen molar-refractivity contribution >= 4 is 0 Å². The number of hydrogen-bond acceptors (Lipinski definition) is 2. The van der Waals surface area contributed by atoms with Gasteiger partial charge in [-0.3, -0.25) is 0 Å². The molecule has 0 aliphatic heterocycles. The van der Waals surface area contributed by atoms with Gasteiger partial charge in [-0.2, -0.15) is 0 Å². The van der Waals surface area contributed by atoms with Crippen LogP contribution in [0.25, 0.3) is 0 Å². The maximum Gasteiger partial charge on any atom is 0.0449 e. The fourth-order valence-corrected chi connectivity index (χ4v) is 3.04. The molecule has 1 aliphatic rings. The smallest absolute Gasteiger partial charge is 0.0449 e. The number of nitrogens with one attached hydrogen (secondary N) is 1. The fraction of sp³-hybridized carbons (Fsp3) is 0.625. The van der Waals surface area contributed by atoms with Gasteiger partial charge in [-0.25, -0.2) is 0 Å². The zero-order valence-corrected chi connectivity index (χ0v) is 11.4. The summed E-state index contributed by atoms with van der Waals surface area (Å²) in [6.07, 6.45) is 7.66. The van der Waals surface area contributed by atoms with E-state index in [1.54, 1.807) is 0 Å². The Hall–Kier alpha value is -0.860. The van der Waals surface area contributed by atoms with Crippen LogP contribution in [0.2, 0.25) is 0 Å². The highest BCUT2D eigenvalue weighted by Crippen LogP contribution is 2.33. The fourth-order valence-electron chi connectivity index (χ4n) is 3.04. The number of benzene rings is 1. The Morgan fingerprint density at radius 2 is 1.83 bits per heavy atom. The molecule has 1 aliphatic carbocycles. The van der Waals surface area contributed by atoms with Crippen LogP contribution in [0, 0.1) is 0 Å². The third-order valence-corrected chi connectivity index (χ3v) is 4.18. The van der Waals surface area contributed by atoms with Crippen LogP contribution in [0.4, 0.5) is 0 Å². The summed E-state index contributed by atoms with van der Waals surface area (Å²) in [5, 5.41) is 12.3. The van der Waals surface area contributed by atoms with Gasteiger partial charge in [0.05, 0.1) is 0 Å². The van der Waals surface area contributed by atoms with Crippen molar-refractivity contribution in [3.05, 3.63) is 35.4 Å². The summed E-state index contributed by atoms with van der Waals surface area (Å²) in [7, 11) is 1.95. The van der Waals surface area contributed by atoms with Crippen molar-refractivity contribution in [3.63, 3.8) is 0 Å². The second-order valence-electron chi connectivity index (χ2n) is 5.36. The zero-order valence-electron chi connectivity index (χ0n) is 11.4. The number of aliphatic hydroxyl groups is 1. The largest absolute Gasteiger partial charge is 0.396 e. The average Bonchev–Trinajstić information content (AvgIpc) is 2.46. The van der Waals surface area contributed by atoms with E-state index in [1.165, 1.54) is 43.2 Å². The molecule has 2 nitrogen and oxygen atoms in total. The summed E-state index contributed by atoms with van der Waals surface area (Å²) in [6, 6.07) is 9.29. The molecule has 1 aromatic rings. The molecule has 0 aromatic heterocycles. The molecule has 0 heterocycles. The van der Waals surface area contributed by atoms with E-state index in [9.17, 15) is 0 Å². The molecule has 0 radical (unpaired) electrons. The molecule has 0 bridgehead atoms. The molecule has 1 unspecified atom stereocenters. The van der Waals surface area contributed by atoms with E-state index in [0.717, 1.165) is 12.3 Å². The molecule has 2 rings (SSSR count). The normalized spacial score (nSPS) is 18.8. The van der Waals surface area contributed by atoms with Gasteiger partial charge in [-0.15, -0.1) is 0 Å². The van der Waals surface area contributed by atoms with Crippen LogP contribution in [0.5, 0.6) is 0 Å². The lowest BCUT2D eigenvalue weighted by atomic mass is 9.83. The molecule has 1 fully saturated rings. The van der Waals surface area contributed by atoms with Crippen molar-refractivity contribution in [1.82, 2.24) is 5.32 Å². The van der Waals surface area contributed by atoms with Gasteiger partial charge in [0.2, 0.25) is 0 Å². The minimum atomic E-state index is 0.232. The highest BCUT2D eigenvalue weighted by atomic mass is 16.3. The average molecular weight is 247 g/mol. The van der Waals surface area contributed by atoms with E-state index in [-0.39, 0.29) is 12.6 Å². The lowest BCUT2D eigenvalue weighted by molar-refractivity contribution is 0.269. The summed E-state index contributed by atoms with van der Waals surface area (Å²) in [5.41, 5.74) is 2.78. The van der Waals surface area contributed by atoms with Gasteiger partial charge in [0.15, 0.2) is 0 Å². The predicted molar refractivity (Wildman–Crippen MR) is 75.8 cm³/mol. The Morgan fingerprint density at radius 3 is 2.39 bits per heavy atom. The van der Waals surface area contributed by atoms with E-state index in [4.69, 9.17) is 5.11 Å². The Labute approximate surface area is 110 Å². The number of aliphatic hydroxyl groups excluding tert-OH is 1. The first-order chi connectivity index (χ1) is 8.85. The second kappa shape index (κ2) is 6.91. The molecule has 1 saturated carbocycles. The topological polar surface area (TPSA) is 32.3 Å². The number of rotatable bonds is 5. The van der Waals surface area contributed by atoms with Crippen LogP contribution < -0.4 is 5.32 Å². The van der Waals surface area contributed by atoms with Crippen molar-refractivity contribution in [1.29, 1.82) is 0 Å². The lowest BCUT2D eigenvalue weighted by Gasteiger charge is -2.23. The van der Waals surface area contributed by atoms with E-state index < -0.39 is 0 Å². The van der Waals surface area contributed by atoms with E-state index in [0.29, 0.717) is 0 Å². The first-order valence-corrected chi connectivity index (χ1v) is 7.23. The molecule has 2 heteroatoms. The van der Waals surface area contributed by atoms with Crippen molar-refractivity contribution in [2.24, 2.45) is 0 Å². The van der Waals surface area contributed by atoms with Gasteiger partial charge in [0.1, 0.15) is 0 Å². The Kier molecular flexibility index (Phi) is 5.21. The molecule has 1 atom stereocenters. The van der Waals surface area contributed by atoms with Crippen molar-refractivity contribution in [3.8, 4) is 0 Å². The molecule has 0 saturated heterocycles. The van der Waals surface area contributed by atoms with Crippen LogP contribution in [0.15, 0.2) is 24.3 Å². The second-order valence-corrected chi connectivity index (χ2v) is 5.36. The van der Waals surface area contributed by atoms with Crippen molar-refractivity contribution in [2.75, 3.05) is 13.7 Å². The summed E-state index contributed by atoms with van der Waals surface area (Å²) in [4.78, 5) is 0. The monoisotopic (exact) mass is 247 g/mol. The molecule has 0 spiro atoms. The van der Waals surface area contributed by atoms with E-state index in [1.807, 2.05) is 7.05 Å². The van der Waals surface area contributed by atoms with Gasteiger partial charge in [-0.05, 0) is 43.4 Å². The van der Waals surface area contributed by atoms with Gasteiger partial charge in [-0.1, -0.05) is 43.5 Å². The quantitative estimate of drug-likeness (QED) is 0.836. The van der Waals surface area contributed by atoms with Crippen LogP contribution in [-0.2, 0) is 0 Å². The van der Waals surface area contributed by atoms with E-state index in [2.05, 4.69) is 29.6 Å². The van der Waals surface area contributed by atoms with Crippen LogP contribution in [-0.4, -0.2) is 18.8 Å². The molecule has 2 N–H and O–H groups in total. The first kappa shape index (κ1) is 13.6. The molecular weight excluding hydrogens is 222 g/mol. The van der Waals surface area contributed by atoms with Crippen LogP contribution in [0.3, 0.4) is 0 Å². The van der Waals surface area contributed by atoms with Gasteiger partial charge in [0, 0.05) is 12.6 Å². The standard InChI is InChI=1S/C16H25NO/c1-17-16(11-12-18)15-9-7-14(8-10-15)13-5-3-2-4-6-13/h7-10,13,16-18H,2-6,11-12H2,1H3. The molecule has 1 aromatic carbocycles. The summed E-state index contributed by atoms with van der Waals surface area (Å²) in [5.74, 6) is 0.777. The Bertz CT molecular complexity index is 317. The van der Waals surface area contributed by atoms with Crippen molar-refractivity contribution < 1.29 is 5.11 Å². The maximum atomic E-state index is 9.05. The number of hydrogen-bond donors (Lipinski definition) is 2. The Morgan fingerprint density at radius 1 is 1.17 bits per heavy atom. The van der Waals surface area contributed by atoms with Gasteiger partial charge >= 0.3 is 0 Å². The van der Waals surface area contributed by atoms with E-state index >= 15 is 0 Å². The highest BCUT2D eigenvalue weighted by molar-refractivity contribution is 5.27. The van der Waals surface area contributed by atoms with Crippen molar-refractivity contribution in [2.45, 2.75) is 50.5 Å². The lowest BCUT2D eigenvalue weighted by Crippen LogP contribution is -2.17. The SMILES string of the molecule is CNC(CCO)c1ccc(C2CCCCC2)cc1. The third-order valence-electron chi connectivity index (χ3n) is 4.18. The highest BCUT2D eigenvalue weighted by Gasteiger charge is 2.16. The molecular formula is C16H25NO. The van der Waals surface area contributed by atoms with Crippen LogP contribution in [0.1, 0.15) is 61.6 Å². The molecule has 0 amide bonds. The van der Waals surface area contributed by atoms with Gasteiger partial charge < -0.3 is 10.4 Å². The first-order valence-electron chi connectivity index (χ1n) is 7.23. The summed E-state index contributed by atoms with van der Waals surface area (Å²) in [6.45, 7) is 0.232. The third kappa shape index (κ3) is 3.33. The zero-order chi connectivity index (χ0) is 12.8. The molecule has 18 heavy (non-hydrogen) atoms. The summed E-state index contributed by atoms with van der Waals surface area (Å²) < 4.78 is 0. The Balaban J connectivity index is 2.03. The molecule has 100 valence electrons. The predicted octanol–water partition coefficient (Wildman–Crippen LogP) is 3.38. The summed E-state index contributed by atoms with van der Waals surface area (Å²) >= 11 is 0.